The highest BCUT2D eigenvalue weighted by atomic mass is 79.9. The van der Waals surface area contributed by atoms with Crippen LogP contribution in [-0.4, -0.2) is 18.0 Å². The van der Waals surface area contributed by atoms with Crippen LogP contribution in [0.3, 0.4) is 0 Å². The zero-order chi connectivity index (χ0) is 9.61. The quantitative estimate of drug-likeness (QED) is 0.641. The molecule has 0 radical (unpaired) electrons. The Morgan fingerprint density at radius 1 is 1.25 bits per heavy atom. The summed E-state index contributed by atoms with van der Waals surface area (Å²) in [7, 11) is 0. The van der Waals surface area contributed by atoms with Crippen LogP contribution in [0.2, 0.25) is 0 Å². The normalized spacial score (nSPS) is 12.5. The fourth-order valence-electron chi connectivity index (χ4n) is 0.906. The first-order chi connectivity index (χ1) is 5.55. The average Bonchev–Trinajstić information content (AvgIpc) is 2.06. The number of hydrogen-bond acceptors (Lipinski definition) is 1. The Morgan fingerprint density at radius 3 is 2.08 bits per heavy atom. The molecule has 12 heavy (non-hydrogen) atoms. The Bertz CT molecular complexity index is 108. The van der Waals surface area contributed by atoms with Gasteiger partial charge in [0.05, 0.1) is 12.7 Å². The average molecular weight is 237 g/mol. The summed E-state index contributed by atoms with van der Waals surface area (Å²) in [4.78, 5) is 0. The fraction of sp³-hybridized carbons (Fsp3) is 1.00. The monoisotopic (exact) mass is 236 g/mol. The van der Waals surface area contributed by atoms with Crippen molar-refractivity contribution in [3.63, 3.8) is 0 Å². The number of rotatable bonds is 6. The Balaban J connectivity index is 3.65. The molecule has 0 aliphatic carbocycles. The molecule has 0 saturated carbocycles. The van der Waals surface area contributed by atoms with Gasteiger partial charge in [0.25, 0.3) is 0 Å². The Kier molecular flexibility index (Phi) is 6.20. The lowest BCUT2D eigenvalue weighted by Crippen LogP contribution is -2.24. The molecule has 0 spiro atoms. The number of halogens is 1. The third-order valence-electron chi connectivity index (χ3n) is 1.98. The molecule has 0 aromatic carbocycles. The van der Waals surface area contributed by atoms with Gasteiger partial charge in [0.2, 0.25) is 0 Å². The van der Waals surface area contributed by atoms with Crippen molar-refractivity contribution in [1.82, 2.24) is 0 Å². The summed E-state index contributed by atoms with van der Waals surface area (Å²) in [6, 6.07) is 0. The second-order valence-electron chi connectivity index (χ2n) is 4.05. The van der Waals surface area contributed by atoms with Crippen molar-refractivity contribution in [3.8, 4) is 0 Å². The first-order valence-electron chi connectivity index (χ1n) is 4.73. The topological polar surface area (TPSA) is 9.23 Å². The standard InChI is InChI=1S/C10H21BrO/c1-5-9(6-2)12-8-10(3,4)7-11/h9H,5-8H2,1-4H3. The van der Waals surface area contributed by atoms with Crippen LogP contribution in [0, 0.1) is 5.41 Å². The van der Waals surface area contributed by atoms with E-state index < -0.39 is 0 Å². The molecule has 0 saturated heterocycles. The van der Waals surface area contributed by atoms with Gasteiger partial charge in [-0.3, -0.25) is 0 Å². The minimum Gasteiger partial charge on any atom is -0.378 e. The van der Waals surface area contributed by atoms with E-state index >= 15 is 0 Å². The highest BCUT2D eigenvalue weighted by Gasteiger charge is 2.17. The van der Waals surface area contributed by atoms with Crippen molar-refractivity contribution in [2.75, 3.05) is 11.9 Å². The van der Waals surface area contributed by atoms with Crippen LogP contribution in [0.15, 0.2) is 0 Å². The first kappa shape index (κ1) is 12.4. The largest absolute Gasteiger partial charge is 0.378 e. The minimum atomic E-state index is 0.266. The van der Waals surface area contributed by atoms with Gasteiger partial charge in [-0.25, -0.2) is 0 Å². The second kappa shape index (κ2) is 5.98. The molecular weight excluding hydrogens is 216 g/mol. The third kappa shape index (κ3) is 5.15. The lowest BCUT2D eigenvalue weighted by Gasteiger charge is -2.24. The summed E-state index contributed by atoms with van der Waals surface area (Å²) >= 11 is 3.48. The van der Waals surface area contributed by atoms with Gasteiger partial charge < -0.3 is 4.74 Å². The summed E-state index contributed by atoms with van der Waals surface area (Å²) < 4.78 is 5.77. The van der Waals surface area contributed by atoms with E-state index in [1.807, 2.05) is 0 Å². The highest BCUT2D eigenvalue weighted by Crippen LogP contribution is 2.20. The molecule has 0 aliphatic rings. The van der Waals surface area contributed by atoms with E-state index in [0.717, 1.165) is 24.8 Å². The van der Waals surface area contributed by atoms with Gasteiger partial charge >= 0.3 is 0 Å². The summed E-state index contributed by atoms with van der Waals surface area (Å²) in [5.41, 5.74) is 0.266. The summed E-state index contributed by atoms with van der Waals surface area (Å²) in [5, 5.41) is 1.00. The van der Waals surface area contributed by atoms with E-state index in [0.29, 0.717) is 6.10 Å². The molecule has 1 nitrogen and oxygen atoms in total. The SMILES string of the molecule is CCC(CC)OCC(C)(C)CBr. The van der Waals surface area contributed by atoms with Crippen LogP contribution in [0.4, 0.5) is 0 Å². The molecule has 74 valence electrons. The maximum absolute atomic E-state index is 5.77. The van der Waals surface area contributed by atoms with Crippen molar-refractivity contribution >= 4 is 15.9 Å². The Morgan fingerprint density at radius 2 is 1.75 bits per heavy atom. The van der Waals surface area contributed by atoms with Gasteiger partial charge in [0, 0.05) is 5.33 Å². The predicted molar refractivity (Wildman–Crippen MR) is 57.9 cm³/mol. The van der Waals surface area contributed by atoms with Crippen molar-refractivity contribution in [1.29, 1.82) is 0 Å². The van der Waals surface area contributed by atoms with E-state index in [1.165, 1.54) is 0 Å². The molecule has 0 aromatic heterocycles. The molecule has 0 bridgehead atoms. The molecule has 0 N–H and O–H groups in total. The van der Waals surface area contributed by atoms with Gasteiger partial charge in [-0.15, -0.1) is 0 Å². The maximum Gasteiger partial charge on any atom is 0.0570 e. The molecule has 0 fully saturated rings. The molecular formula is C10H21BrO. The van der Waals surface area contributed by atoms with Gasteiger partial charge in [-0.2, -0.15) is 0 Å². The zero-order valence-corrected chi connectivity index (χ0v) is 10.3. The minimum absolute atomic E-state index is 0.266. The first-order valence-corrected chi connectivity index (χ1v) is 5.85. The molecule has 0 unspecified atom stereocenters. The van der Waals surface area contributed by atoms with Crippen LogP contribution in [0.25, 0.3) is 0 Å². The van der Waals surface area contributed by atoms with Crippen molar-refractivity contribution < 1.29 is 4.74 Å². The van der Waals surface area contributed by atoms with Crippen LogP contribution >= 0.6 is 15.9 Å². The van der Waals surface area contributed by atoms with Crippen molar-refractivity contribution in [2.45, 2.75) is 46.6 Å². The fourth-order valence-corrected chi connectivity index (χ4v) is 1.07. The lowest BCUT2D eigenvalue weighted by atomic mass is 9.98. The van der Waals surface area contributed by atoms with Gasteiger partial charge in [-0.05, 0) is 18.3 Å². The molecule has 0 rings (SSSR count). The Hall–Kier alpha value is 0.440. The van der Waals surface area contributed by atoms with Crippen molar-refractivity contribution in [2.24, 2.45) is 5.41 Å². The summed E-state index contributed by atoms with van der Waals surface area (Å²) in [5.74, 6) is 0. The van der Waals surface area contributed by atoms with E-state index in [9.17, 15) is 0 Å². The van der Waals surface area contributed by atoms with E-state index in [-0.39, 0.29) is 5.41 Å². The number of hydrogen-bond donors (Lipinski definition) is 0. The van der Waals surface area contributed by atoms with Gasteiger partial charge in [0.1, 0.15) is 0 Å². The maximum atomic E-state index is 5.77. The molecule has 0 amide bonds. The van der Waals surface area contributed by atoms with Gasteiger partial charge in [0.15, 0.2) is 0 Å². The van der Waals surface area contributed by atoms with Gasteiger partial charge in [-0.1, -0.05) is 43.6 Å². The number of ether oxygens (including phenoxy) is 1. The van der Waals surface area contributed by atoms with Crippen LogP contribution in [0.1, 0.15) is 40.5 Å². The molecule has 2 heteroatoms. The molecule has 0 aromatic rings. The third-order valence-corrected chi connectivity index (χ3v) is 3.50. The molecule has 0 heterocycles. The number of alkyl halides is 1. The van der Waals surface area contributed by atoms with E-state index in [4.69, 9.17) is 4.74 Å². The van der Waals surface area contributed by atoms with E-state index in [2.05, 4.69) is 43.6 Å². The van der Waals surface area contributed by atoms with Crippen LogP contribution < -0.4 is 0 Å². The predicted octanol–water partition coefficient (Wildman–Crippen LogP) is 3.61. The highest BCUT2D eigenvalue weighted by molar-refractivity contribution is 9.09. The van der Waals surface area contributed by atoms with Crippen LogP contribution in [0.5, 0.6) is 0 Å². The molecule has 0 aliphatic heterocycles. The summed E-state index contributed by atoms with van der Waals surface area (Å²) in [6.45, 7) is 9.63. The van der Waals surface area contributed by atoms with Crippen LogP contribution in [-0.2, 0) is 4.74 Å². The zero-order valence-electron chi connectivity index (χ0n) is 8.69. The van der Waals surface area contributed by atoms with E-state index in [1.54, 1.807) is 0 Å². The smallest absolute Gasteiger partial charge is 0.0570 e. The van der Waals surface area contributed by atoms with Crippen molar-refractivity contribution in [3.05, 3.63) is 0 Å². The Labute approximate surface area is 85.0 Å². The molecule has 0 atom stereocenters. The lowest BCUT2D eigenvalue weighted by molar-refractivity contribution is 0.00695. The second-order valence-corrected chi connectivity index (χ2v) is 4.61. The summed E-state index contributed by atoms with van der Waals surface area (Å²) in [6.07, 6.45) is 2.69.